The number of nitrogens with zero attached hydrogens (tertiary/aromatic N) is 2. The Balaban J connectivity index is 1.99. The predicted molar refractivity (Wildman–Crippen MR) is 88.4 cm³/mol. The van der Waals surface area contributed by atoms with Crippen LogP contribution in [0.3, 0.4) is 0 Å². The molecule has 0 radical (unpaired) electrons. The highest BCUT2D eigenvalue weighted by molar-refractivity contribution is 7.71. The zero-order chi connectivity index (χ0) is 15.9. The number of nitrogens with one attached hydrogen (secondary N) is 1. The Kier molecular flexibility index (Phi) is 3.87. The van der Waals surface area contributed by atoms with Crippen molar-refractivity contribution in [2.24, 2.45) is 0 Å². The summed E-state index contributed by atoms with van der Waals surface area (Å²) in [7, 11) is 0. The fraction of sp³-hybridized carbons (Fsp3) is 0.438. The van der Waals surface area contributed by atoms with Crippen LogP contribution >= 0.6 is 12.2 Å². The molecule has 5 nitrogen and oxygen atoms in total. The number of amides is 1. The molecule has 1 aliphatic rings. The molecule has 1 aromatic carbocycles. The van der Waals surface area contributed by atoms with E-state index in [-0.39, 0.29) is 34.9 Å². The second kappa shape index (κ2) is 5.68. The van der Waals surface area contributed by atoms with Crippen molar-refractivity contribution in [3.05, 3.63) is 39.4 Å². The maximum Gasteiger partial charge on any atom is 0.262 e. The van der Waals surface area contributed by atoms with E-state index in [0.717, 1.165) is 12.8 Å². The lowest BCUT2D eigenvalue weighted by molar-refractivity contribution is -0.134. The van der Waals surface area contributed by atoms with Crippen LogP contribution < -0.4 is 5.56 Å². The number of rotatable bonds is 2. The van der Waals surface area contributed by atoms with Gasteiger partial charge in [-0.25, -0.2) is 0 Å². The van der Waals surface area contributed by atoms with Gasteiger partial charge in [0.15, 0.2) is 4.77 Å². The van der Waals surface area contributed by atoms with E-state index in [2.05, 4.69) is 4.98 Å². The first-order valence-electron chi connectivity index (χ1n) is 7.52. The van der Waals surface area contributed by atoms with Crippen molar-refractivity contribution in [2.75, 3.05) is 0 Å². The molecule has 116 valence electrons. The normalized spacial score (nSPS) is 21.5. The van der Waals surface area contributed by atoms with Crippen molar-refractivity contribution in [3.8, 4) is 0 Å². The maximum absolute atomic E-state index is 12.6. The molecule has 22 heavy (non-hydrogen) atoms. The minimum atomic E-state index is -0.216. The molecular weight excluding hydrogens is 298 g/mol. The Morgan fingerprint density at radius 2 is 1.91 bits per heavy atom. The first-order chi connectivity index (χ1) is 10.5. The predicted octanol–water partition coefficient (Wildman–Crippen LogP) is 2.46. The van der Waals surface area contributed by atoms with E-state index >= 15 is 0 Å². The molecule has 0 aliphatic carbocycles. The summed E-state index contributed by atoms with van der Waals surface area (Å²) >= 11 is 5.26. The molecule has 0 bridgehead atoms. The van der Waals surface area contributed by atoms with Gasteiger partial charge in [-0.15, -0.1) is 0 Å². The van der Waals surface area contributed by atoms with E-state index in [1.54, 1.807) is 12.1 Å². The molecule has 1 saturated heterocycles. The molecule has 2 atom stereocenters. The van der Waals surface area contributed by atoms with Crippen molar-refractivity contribution in [3.63, 3.8) is 0 Å². The third-order valence-corrected chi connectivity index (χ3v) is 4.75. The molecule has 1 fully saturated rings. The Bertz CT molecular complexity index is 829. The van der Waals surface area contributed by atoms with Crippen LogP contribution in [0.1, 0.15) is 26.7 Å². The van der Waals surface area contributed by atoms with E-state index in [4.69, 9.17) is 12.2 Å². The summed E-state index contributed by atoms with van der Waals surface area (Å²) in [6, 6.07) is 7.63. The minimum absolute atomic E-state index is 0.00627. The number of para-hydroxylation sites is 1. The SMILES string of the molecule is C[C@H]1CC[C@H](C)N1C(=O)Cn1c(=S)[nH]c2ccccc2c1=O. The van der Waals surface area contributed by atoms with Crippen molar-refractivity contribution >= 4 is 29.0 Å². The van der Waals surface area contributed by atoms with Gasteiger partial charge in [0.25, 0.3) is 5.56 Å². The van der Waals surface area contributed by atoms with Gasteiger partial charge in [-0.3, -0.25) is 14.2 Å². The zero-order valence-corrected chi connectivity index (χ0v) is 13.5. The summed E-state index contributed by atoms with van der Waals surface area (Å²) in [5.41, 5.74) is 0.483. The fourth-order valence-corrected chi connectivity index (χ4v) is 3.50. The first kappa shape index (κ1) is 15.0. The molecule has 1 aromatic heterocycles. The number of likely N-dealkylation sites (tertiary alicyclic amines) is 1. The van der Waals surface area contributed by atoms with Gasteiger partial charge >= 0.3 is 0 Å². The van der Waals surface area contributed by atoms with Gasteiger partial charge in [0.05, 0.1) is 10.9 Å². The Morgan fingerprint density at radius 1 is 1.27 bits per heavy atom. The van der Waals surface area contributed by atoms with Gasteiger partial charge in [0.2, 0.25) is 5.91 Å². The maximum atomic E-state index is 12.6. The van der Waals surface area contributed by atoms with Gasteiger partial charge in [-0.1, -0.05) is 12.1 Å². The van der Waals surface area contributed by atoms with E-state index in [1.165, 1.54) is 4.57 Å². The monoisotopic (exact) mass is 317 g/mol. The topological polar surface area (TPSA) is 58.1 Å². The Morgan fingerprint density at radius 3 is 2.59 bits per heavy atom. The van der Waals surface area contributed by atoms with Crippen LogP contribution in [0.5, 0.6) is 0 Å². The van der Waals surface area contributed by atoms with Crippen molar-refractivity contribution in [1.82, 2.24) is 14.5 Å². The average molecular weight is 317 g/mol. The summed E-state index contributed by atoms with van der Waals surface area (Å²) < 4.78 is 1.65. The molecule has 2 heterocycles. The van der Waals surface area contributed by atoms with Gasteiger partial charge < -0.3 is 9.88 Å². The van der Waals surface area contributed by atoms with Gasteiger partial charge in [-0.05, 0) is 51.0 Å². The molecule has 1 N–H and O–H groups in total. The molecule has 0 unspecified atom stereocenters. The van der Waals surface area contributed by atoms with E-state index < -0.39 is 0 Å². The Hall–Kier alpha value is -1.95. The number of fused-ring (bicyclic) bond motifs is 1. The quantitative estimate of drug-likeness (QED) is 0.866. The lowest BCUT2D eigenvalue weighted by Crippen LogP contribution is -2.42. The van der Waals surface area contributed by atoms with Gasteiger partial charge in [0.1, 0.15) is 6.54 Å². The molecule has 1 amide bonds. The number of hydrogen-bond donors (Lipinski definition) is 1. The highest BCUT2D eigenvalue weighted by atomic mass is 32.1. The number of aromatic nitrogens is 2. The van der Waals surface area contributed by atoms with Crippen molar-refractivity contribution in [2.45, 2.75) is 45.3 Å². The number of hydrogen-bond acceptors (Lipinski definition) is 3. The van der Waals surface area contributed by atoms with E-state index in [1.807, 2.05) is 30.9 Å². The summed E-state index contributed by atoms with van der Waals surface area (Å²) in [5, 5.41) is 0.548. The van der Waals surface area contributed by atoms with E-state index in [9.17, 15) is 9.59 Å². The largest absolute Gasteiger partial charge is 0.336 e. The van der Waals surface area contributed by atoms with Crippen LogP contribution in [0.2, 0.25) is 0 Å². The van der Waals surface area contributed by atoms with Crippen molar-refractivity contribution in [1.29, 1.82) is 0 Å². The molecule has 0 saturated carbocycles. The van der Waals surface area contributed by atoms with Crippen LogP contribution in [0, 0.1) is 4.77 Å². The second-order valence-electron chi connectivity index (χ2n) is 5.94. The standard InChI is InChI=1S/C16H19N3O2S/c1-10-7-8-11(2)19(10)14(20)9-18-15(21)12-5-3-4-6-13(12)17-16(18)22/h3-6,10-11H,7-9H2,1-2H3,(H,17,22)/t10-,11-/m0/s1. The fourth-order valence-electron chi connectivity index (χ4n) is 3.25. The summed E-state index contributed by atoms with van der Waals surface area (Å²) in [6.45, 7) is 4.09. The lowest BCUT2D eigenvalue weighted by Gasteiger charge is -2.26. The van der Waals surface area contributed by atoms with Crippen LogP contribution in [-0.4, -0.2) is 32.4 Å². The highest BCUT2D eigenvalue weighted by Crippen LogP contribution is 2.23. The summed E-state index contributed by atoms with van der Waals surface area (Å²) in [5.74, 6) is -0.0469. The first-order valence-corrected chi connectivity index (χ1v) is 7.93. The van der Waals surface area contributed by atoms with Crippen LogP contribution in [0.25, 0.3) is 10.9 Å². The van der Waals surface area contributed by atoms with Crippen LogP contribution in [0.15, 0.2) is 29.1 Å². The highest BCUT2D eigenvalue weighted by Gasteiger charge is 2.31. The average Bonchev–Trinajstić information content (AvgIpc) is 2.82. The summed E-state index contributed by atoms with van der Waals surface area (Å²) in [6.07, 6.45) is 2.01. The summed E-state index contributed by atoms with van der Waals surface area (Å²) in [4.78, 5) is 30.0. The number of carbonyl (C=O) groups is 1. The number of carbonyl (C=O) groups excluding carboxylic acids is 1. The Labute approximate surface area is 133 Å². The molecule has 2 aromatic rings. The van der Waals surface area contributed by atoms with Gasteiger partial charge in [-0.2, -0.15) is 0 Å². The van der Waals surface area contributed by atoms with Crippen LogP contribution in [-0.2, 0) is 11.3 Å². The third-order valence-electron chi connectivity index (χ3n) is 4.42. The lowest BCUT2D eigenvalue weighted by atomic mass is 10.2. The minimum Gasteiger partial charge on any atom is -0.336 e. The number of H-pyrrole nitrogens is 1. The van der Waals surface area contributed by atoms with Crippen molar-refractivity contribution < 1.29 is 4.79 Å². The molecule has 6 heteroatoms. The zero-order valence-electron chi connectivity index (χ0n) is 12.7. The van der Waals surface area contributed by atoms with E-state index in [0.29, 0.717) is 10.9 Å². The molecule has 0 spiro atoms. The smallest absolute Gasteiger partial charge is 0.262 e. The molecular formula is C16H19N3O2S. The number of aromatic amines is 1. The molecule has 3 rings (SSSR count). The number of benzene rings is 1. The molecule has 1 aliphatic heterocycles. The third kappa shape index (κ3) is 2.47. The van der Waals surface area contributed by atoms with Crippen LogP contribution in [0.4, 0.5) is 0 Å². The van der Waals surface area contributed by atoms with Gasteiger partial charge in [0, 0.05) is 12.1 Å². The second-order valence-corrected chi connectivity index (χ2v) is 6.33.